The van der Waals surface area contributed by atoms with Crippen molar-refractivity contribution < 1.29 is 24.2 Å². The van der Waals surface area contributed by atoms with Crippen LogP contribution in [0.2, 0.25) is 0 Å². The molecule has 1 aliphatic heterocycles. The maximum Gasteiger partial charge on any atom is 0.337 e. The van der Waals surface area contributed by atoms with Gasteiger partial charge in [0.25, 0.3) is 0 Å². The number of aromatic hydroxyl groups is 1. The fourth-order valence-corrected chi connectivity index (χ4v) is 4.85. The van der Waals surface area contributed by atoms with E-state index in [1.165, 1.54) is 0 Å². The molecule has 0 aromatic heterocycles. The summed E-state index contributed by atoms with van der Waals surface area (Å²) in [6.45, 7) is 17.9. The Morgan fingerprint density at radius 2 is 1.32 bits per heavy atom. The lowest BCUT2D eigenvalue weighted by Crippen LogP contribution is -2.33. The van der Waals surface area contributed by atoms with Gasteiger partial charge in [-0.15, -0.1) is 0 Å². The molecule has 0 saturated heterocycles. The van der Waals surface area contributed by atoms with Gasteiger partial charge in [-0.1, -0.05) is 84.0 Å². The second kappa shape index (κ2) is 11.1. The highest BCUT2D eigenvalue weighted by atomic mass is 16.5. The molecule has 0 saturated carbocycles. The number of esters is 2. The summed E-state index contributed by atoms with van der Waals surface area (Å²) in [7, 11) is 0. The molecule has 0 amide bonds. The third-order valence-electron chi connectivity index (χ3n) is 6.77. The third kappa shape index (κ3) is 6.12. The Hall–Kier alpha value is -3.54. The molecule has 1 atom stereocenters. The first-order valence-corrected chi connectivity index (χ1v) is 13.1. The summed E-state index contributed by atoms with van der Waals surface area (Å²) in [5, 5.41) is 14.5. The van der Waals surface area contributed by atoms with Crippen LogP contribution in [-0.2, 0) is 36.5 Å². The fraction of sp³-hybridized carbons (Fsp3) is 0.438. The summed E-state index contributed by atoms with van der Waals surface area (Å²) in [5.41, 5.74) is 4.25. The van der Waals surface area contributed by atoms with Gasteiger partial charge in [-0.05, 0) is 53.9 Å². The van der Waals surface area contributed by atoms with E-state index >= 15 is 0 Å². The van der Waals surface area contributed by atoms with Gasteiger partial charge in [0.15, 0.2) is 0 Å². The third-order valence-corrected chi connectivity index (χ3v) is 6.77. The Kier molecular flexibility index (Phi) is 8.45. The van der Waals surface area contributed by atoms with Crippen molar-refractivity contribution in [3.8, 4) is 5.75 Å². The quantitative estimate of drug-likeness (QED) is 0.422. The van der Waals surface area contributed by atoms with E-state index in [4.69, 9.17) is 9.47 Å². The van der Waals surface area contributed by atoms with E-state index < -0.39 is 17.9 Å². The number of carbonyl (C=O) groups excluding carboxylic acids is 2. The van der Waals surface area contributed by atoms with Crippen molar-refractivity contribution in [3.63, 3.8) is 0 Å². The normalized spacial score (nSPS) is 16.3. The molecule has 6 nitrogen and oxygen atoms in total. The molecule has 1 unspecified atom stereocenters. The Labute approximate surface area is 226 Å². The van der Waals surface area contributed by atoms with Crippen LogP contribution in [0.3, 0.4) is 0 Å². The van der Waals surface area contributed by atoms with Crippen LogP contribution < -0.4 is 5.32 Å². The minimum atomic E-state index is -0.735. The molecule has 6 heteroatoms. The zero-order valence-electron chi connectivity index (χ0n) is 24.1. The van der Waals surface area contributed by atoms with E-state index in [9.17, 15) is 14.7 Å². The number of hydrogen-bond donors (Lipinski definition) is 2. The van der Waals surface area contributed by atoms with E-state index in [-0.39, 0.29) is 29.8 Å². The zero-order valence-corrected chi connectivity index (χ0v) is 24.1. The number of phenolic OH excluding ortho intramolecular Hbond substituents is 1. The van der Waals surface area contributed by atoms with E-state index in [1.807, 2.05) is 97.9 Å². The summed E-state index contributed by atoms with van der Waals surface area (Å²) in [4.78, 5) is 27.0. The van der Waals surface area contributed by atoms with Crippen LogP contribution in [0.4, 0.5) is 0 Å². The Morgan fingerprint density at radius 3 is 1.76 bits per heavy atom. The predicted molar refractivity (Wildman–Crippen MR) is 150 cm³/mol. The van der Waals surface area contributed by atoms with Crippen molar-refractivity contribution >= 4 is 11.9 Å². The van der Waals surface area contributed by atoms with Gasteiger partial charge in [-0.3, -0.25) is 0 Å². The molecule has 1 aliphatic rings. The molecule has 0 fully saturated rings. The maximum atomic E-state index is 13.7. The molecule has 2 N–H and O–H groups in total. The maximum absolute atomic E-state index is 13.7. The lowest BCUT2D eigenvalue weighted by molar-refractivity contribution is -0.140. The molecular weight excluding hydrogens is 478 g/mol. The minimum Gasteiger partial charge on any atom is -0.507 e. The number of carbonyl (C=O) groups is 2. The van der Waals surface area contributed by atoms with E-state index in [0.29, 0.717) is 22.5 Å². The van der Waals surface area contributed by atoms with Gasteiger partial charge in [-0.25, -0.2) is 9.59 Å². The minimum absolute atomic E-state index is 0.108. The number of dihydropyridines is 1. The van der Waals surface area contributed by atoms with Gasteiger partial charge < -0.3 is 19.9 Å². The Morgan fingerprint density at radius 1 is 0.842 bits per heavy atom. The molecule has 0 aliphatic carbocycles. The number of hydrogen-bond acceptors (Lipinski definition) is 6. The first-order chi connectivity index (χ1) is 17.7. The van der Waals surface area contributed by atoms with Crippen LogP contribution in [0.5, 0.6) is 5.75 Å². The van der Waals surface area contributed by atoms with Crippen molar-refractivity contribution in [3.05, 3.63) is 87.3 Å². The lowest BCUT2D eigenvalue weighted by Gasteiger charge is -2.33. The molecule has 2 aromatic rings. The Balaban J connectivity index is 2.25. The molecule has 38 heavy (non-hydrogen) atoms. The van der Waals surface area contributed by atoms with Gasteiger partial charge in [0.1, 0.15) is 12.4 Å². The van der Waals surface area contributed by atoms with Gasteiger partial charge >= 0.3 is 11.9 Å². The van der Waals surface area contributed by atoms with Gasteiger partial charge in [0.2, 0.25) is 0 Å². The standard InChI is InChI=1S/C32H41NO5/c1-10-37-29(35)25-19(2)33-20(3)26(30(36)38-18-21-14-12-11-13-15-21)27(25)22-16-23(31(4,5)6)28(34)24(17-22)32(7,8)9/h11-17,27,33-34H,10,18H2,1-9H3. The smallest absolute Gasteiger partial charge is 0.337 e. The summed E-state index contributed by atoms with van der Waals surface area (Å²) in [5.74, 6) is -1.51. The Bertz CT molecular complexity index is 1240. The molecule has 0 bridgehead atoms. The largest absolute Gasteiger partial charge is 0.507 e. The number of benzene rings is 2. The van der Waals surface area contributed by atoms with Crippen LogP contribution in [-0.4, -0.2) is 23.7 Å². The summed E-state index contributed by atoms with van der Waals surface area (Å²) < 4.78 is 11.2. The van der Waals surface area contributed by atoms with Crippen LogP contribution in [0.15, 0.2) is 65.0 Å². The molecule has 2 aromatic carbocycles. The lowest BCUT2D eigenvalue weighted by atomic mass is 9.73. The molecule has 0 radical (unpaired) electrons. The average Bonchev–Trinajstić information content (AvgIpc) is 2.81. The predicted octanol–water partition coefficient (Wildman–Crippen LogP) is 6.53. The average molecular weight is 520 g/mol. The highest BCUT2D eigenvalue weighted by molar-refractivity contribution is 6.00. The van der Waals surface area contributed by atoms with Crippen molar-refractivity contribution in [2.45, 2.75) is 85.7 Å². The van der Waals surface area contributed by atoms with Crippen molar-refractivity contribution in [1.82, 2.24) is 5.32 Å². The molecule has 0 spiro atoms. The van der Waals surface area contributed by atoms with E-state index in [2.05, 4.69) is 5.32 Å². The molecule has 3 rings (SSSR count). The molecule has 204 valence electrons. The van der Waals surface area contributed by atoms with Gasteiger partial charge in [-0.2, -0.15) is 0 Å². The van der Waals surface area contributed by atoms with Gasteiger partial charge in [0, 0.05) is 11.4 Å². The van der Waals surface area contributed by atoms with E-state index in [1.54, 1.807) is 6.92 Å². The summed E-state index contributed by atoms with van der Waals surface area (Å²) in [6.07, 6.45) is 0. The number of ether oxygens (including phenoxy) is 2. The first kappa shape index (κ1) is 29.0. The van der Waals surface area contributed by atoms with Crippen LogP contribution in [0, 0.1) is 0 Å². The molecule has 1 heterocycles. The highest BCUT2D eigenvalue weighted by Crippen LogP contribution is 2.46. The highest BCUT2D eigenvalue weighted by Gasteiger charge is 2.39. The fourth-order valence-electron chi connectivity index (χ4n) is 4.85. The monoisotopic (exact) mass is 519 g/mol. The SMILES string of the molecule is CCOC(=O)C1=C(C)NC(C)=C(C(=O)OCc2ccccc2)C1c1cc(C(C)(C)C)c(O)c(C(C)(C)C)c1. The van der Waals surface area contributed by atoms with Crippen molar-refractivity contribution in [1.29, 1.82) is 0 Å². The molecular formula is C32H41NO5. The zero-order chi connectivity index (χ0) is 28.4. The van der Waals surface area contributed by atoms with Gasteiger partial charge in [0.05, 0.1) is 23.7 Å². The van der Waals surface area contributed by atoms with Crippen molar-refractivity contribution in [2.24, 2.45) is 0 Å². The van der Waals surface area contributed by atoms with Crippen LogP contribution in [0.25, 0.3) is 0 Å². The summed E-state index contributed by atoms with van der Waals surface area (Å²) in [6, 6.07) is 13.3. The number of phenols is 1. The topological polar surface area (TPSA) is 84.9 Å². The number of allylic oxidation sites excluding steroid dienone is 2. The summed E-state index contributed by atoms with van der Waals surface area (Å²) >= 11 is 0. The van der Waals surface area contributed by atoms with Crippen LogP contribution in [0.1, 0.15) is 90.5 Å². The second-order valence-corrected chi connectivity index (χ2v) is 11.9. The van der Waals surface area contributed by atoms with E-state index in [0.717, 1.165) is 22.3 Å². The first-order valence-electron chi connectivity index (χ1n) is 13.1. The second-order valence-electron chi connectivity index (χ2n) is 11.9. The van der Waals surface area contributed by atoms with Crippen molar-refractivity contribution in [2.75, 3.05) is 6.61 Å². The van der Waals surface area contributed by atoms with Crippen LogP contribution >= 0.6 is 0 Å². The number of rotatable bonds is 6. The number of nitrogens with one attached hydrogen (secondary N) is 1.